The molecule has 28 heavy (non-hydrogen) atoms. The molecule has 1 aliphatic rings. The van der Waals surface area contributed by atoms with Gasteiger partial charge in [0, 0.05) is 30.0 Å². The molecule has 1 aliphatic heterocycles. The molecule has 8 nitrogen and oxygen atoms in total. The standard InChI is InChI=1S/C18H23N3O5S2/c1-10-7-14(12(3)21(10)13-5-6-28(24,25)9-13)15(22)8-26-18(23)16-11(2)20-27-17(16)19-4/h7,13,19H,5-6,8-9H2,1-4H3. The highest BCUT2D eigenvalue weighted by atomic mass is 32.2. The molecule has 2 aromatic heterocycles. The van der Waals surface area contributed by atoms with Gasteiger partial charge >= 0.3 is 5.97 Å². The first-order chi connectivity index (χ1) is 13.1. The number of nitrogens with zero attached hydrogens (tertiary/aromatic N) is 2. The zero-order valence-corrected chi connectivity index (χ0v) is 17.9. The molecule has 0 aromatic carbocycles. The average Bonchev–Trinajstić information content (AvgIpc) is 3.27. The maximum Gasteiger partial charge on any atom is 0.343 e. The van der Waals surface area contributed by atoms with Crippen LogP contribution in [0, 0.1) is 20.8 Å². The van der Waals surface area contributed by atoms with Crippen molar-refractivity contribution in [2.75, 3.05) is 30.5 Å². The Kier molecular flexibility index (Phi) is 5.62. The molecule has 10 heteroatoms. The Balaban J connectivity index is 1.74. The Morgan fingerprint density at radius 1 is 1.36 bits per heavy atom. The van der Waals surface area contributed by atoms with Crippen LogP contribution in [0.25, 0.3) is 0 Å². The van der Waals surface area contributed by atoms with Crippen molar-refractivity contribution >= 4 is 38.1 Å². The summed E-state index contributed by atoms with van der Waals surface area (Å²) in [5.41, 5.74) is 2.85. The predicted molar refractivity (Wildman–Crippen MR) is 107 cm³/mol. The lowest BCUT2D eigenvalue weighted by Crippen LogP contribution is -2.17. The number of sulfone groups is 1. The molecule has 152 valence electrons. The minimum atomic E-state index is -3.03. The maximum atomic E-state index is 12.6. The molecule has 3 heterocycles. The van der Waals surface area contributed by atoms with E-state index in [1.807, 2.05) is 11.5 Å². The van der Waals surface area contributed by atoms with Crippen molar-refractivity contribution in [3.8, 4) is 0 Å². The molecule has 0 aliphatic carbocycles. The number of carbonyl (C=O) groups excluding carboxylic acids is 2. The Morgan fingerprint density at radius 3 is 2.68 bits per heavy atom. The van der Waals surface area contributed by atoms with E-state index in [0.29, 0.717) is 33.9 Å². The largest absolute Gasteiger partial charge is 0.454 e. The monoisotopic (exact) mass is 425 g/mol. The van der Waals surface area contributed by atoms with Crippen LogP contribution in [0.1, 0.15) is 50.3 Å². The number of esters is 1. The van der Waals surface area contributed by atoms with Gasteiger partial charge < -0.3 is 14.6 Å². The third-order valence-corrected chi connectivity index (χ3v) is 7.69. The van der Waals surface area contributed by atoms with Crippen LogP contribution < -0.4 is 5.32 Å². The van der Waals surface area contributed by atoms with Gasteiger partial charge in [-0.05, 0) is 44.8 Å². The van der Waals surface area contributed by atoms with Crippen molar-refractivity contribution in [1.82, 2.24) is 8.94 Å². The van der Waals surface area contributed by atoms with Gasteiger partial charge in [0.05, 0.1) is 17.2 Å². The number of aromatic nitrogens is 2. The number of ketones is 1. The number of Topliss-reactive ketones (excluding diaryl/α,β-unsaturated/α-hetero) is 1. The minimum absolute atomic E-state index is 0.0865. The number of hydrogen-bond acceptors (Lipinski definition) is 8. The molecule has 1 saturated heterocycles. The van der Waals surface area contributed by atoms with Crippen molar-refractivity contribution in [2.24, 2.45) is 0 Å². The topological polar surface area (TPSA) is 107 Å². The lowest BCUT2D eigenvalue weighted by molar-refractivity contribution is 0.0475. The van der Waals surface area contributed by atoms with Crippen LogP contribution in [-0.2, 0) is 14.6 Å². The molecule has 0 spiro atoms. The van der Waals surface area contributed by atoms with E-state index in [1.165, 1.54) is 0 Å². The predicted octanol–water partition coefficient (Wildman–Crippen LogP) is 2.31. The summed E-state index contributed by atoms with van der Waals surface area (Å²) in [5.74, 6) is -0.666. The number of aryl methyl sites for hydroxylation is 2. The summed E-state index contributed by atoms with van der Waals surface area (Å²) < 4.78 is 34.9. The lowest BCUT2D eigenvalue weighted by atomic mass is 10.1. The number of anilines is 1. The van der Waals surface area contributed by atoms with Gasteiger partial charge in [-0.3, -0.25) is 4.79 Å². The van der Waals surface area contributed by atoms with E-state index in [4.69, 9.17) is 4.74 Å². The van der Waals surface area contributed by atoms with Crippen molar-refractivity contribution < 1.29 is 22.7 Å². The molecular weight excluding hydrogens is 402 g/mol. The molecule has 1 atom stereocenters. The molecule has 0 radical (unpaired) electrons. The second-order valence-electron chi connectivity index (χ2n) is 6.93. The molecule has 2 aromatic rings. The third-order valence-electron chi connectivity index (χ3n) is 4.99. The quantitative estimate of drug-likeness (QED) is 0.559. The second kappa shape index (κ2) is 7.67. The normalized spacial score (nSPS) is 18.2. The van der Waals surface area contributed by atoms with E-state index in [-0.39, 0.29) is 29.9 Å². The summed E-state index contributed by atoms with van der Waals surface area (Å²) in [7, 11) is -1.34. The molecule has 0 bridgehead atoms. The molecule has 1 N–H and O–H groups in total. The van der Waals surface area contributed by atoms with Gasteiger partial charge in [0.15, 0.2) is 16.4 Å². The zero-order chi connectivity index (χ0) is 20.6. The van der Waals surface area contributed by atoms with Crippen molar-refractivity contribution in [1.29, 1.82) is 0 Å². The lowest BCUT2D eigenvalue weighted by Gasteiger charge is -2.16. The fourth-order valence-electron chi connectivity index (χ4n) is 3.66. The van der Waals surface area contributed by atoms with Crippen molar-refractivity contribution in [3.63, 3.8) is 0 Å². The number of rotatable bonds is 6. The first-order valence-corrected chi connectivity index (χ1v) is 11.5. The zero-order valence-electron chi connectivity index (χ0n) is 16.2. The summed E-state index contributed by atoms with van der Waals surface area (Å²) in [6.45, 7) is 4.96. The fourth-order valence-corrected chi connectivity index (χ4v) is 6.10. The molecule has 1 unspecified atom stereocenters. The number of carbonyl (C=O) groups is 2. The second-order valence-corrected chi connectivity index (χ2v) is 9.94. The van der Waals surface area contributed by atoms with E-state index >= 15 is 0 Å². The van der Waals surface area contributed by atoms with Crippen LogP contribution in [0.4, 0.5) is 5.00 Å². The smallest absolute Gasteiger partial charge is 0.343 e. The van der Waals surface area contributed by atoms with Crippen LogP contribution in [0.5, 0.6) is 0 Å². The van der Waals surface area contributed by atoms with Crippen LogP contribution in [0.15, 0.2) is 6.07 Å². The number of ether oxygens (including phenoxy) is 1. The van der Waals surface area contributed by atoms with E-state index in [0.717, 1.165) is 17.2 Å². The van der Waals surface area contributed by atoms with E-state index in [2.05, 4.69) is 9.69 Å². The highest BCUT2D eigenvalue weighted by Crippen LogP contribution is 2.29. The Bertz CT molecular complexity index is 1040. The summed E-state index contributed by atoms with van der Waals surface area (Å²) in [5, 5.41) is 3.49. The average molecular weight is 426 g/mol. The minimum Gasteiger partial charge on any atom is -0.454 e. The van der Waals surface area contributed by atoms with Crippen LogP contribution in [0.3, 0.4) is 0 Å². The van der Waals surface area contributed by atoms with Gasteiger partial charge in [0.2, 0.25) is 5.78 Å². The van der Waals surface area contributed by atoms with Gasteiger partial charge in [-0.2, -0.15) is 4.37 Å². The van der Waals surface area contributed by atoms with Crippen LogP contribution >= 0.6 is 11.5 Å². The first kappa shape index (κ1) is 20.5. The van der Waals surface area contributed by atoms with Crippen molar-refractivity contribution in [3.05, 3.63) is 34.3 Å². The molecule has 3 rings (SSSR count). The summed E-state index contributed by atoms with van der Waals surface area (Å²) in [4.78, 5) is 25.0. The number of hydrogen-bond donors (Lipinski definition) is 1. The number of nitrogens with one attached hydrogen (secondary N) is 1. The third kappa shape index (κ3) is 3.83. The van der Waals surface area contributed by atoms with Crippen molar-refractivity contribution in [2.45, 2.75) is 33.2 Å². The summed E-state index contributed by atoms with van der Waals surface area (Å²) in [6.07, 6.45) is 0.540. The summed E-state index contributed by atoms with van der Waals surface area (Å²) in [6, 6.07) is 1.57. The fraction of sp³-hybridized carbons (Fsp3) is 0.500. The van der Waals surface area contributed by atoms with Crippen LogP contribution in [0.2, 0.25) is 0 Å². The van der Waals surface area contributed by atoms with Gasteiger partial charge in [-0.25, -0.2) is 13.2 Å². The molecule has 0 amide bonds. The highest BCUT2D eigenvalue weighted by molar-refractivity contribution is 7.91. The first-order valence-electron chi connectivity index (χ1n) is 8.87. The molecule has 1 fully saturated rings. The van der Waals surface area contributed by atoms with E-state index < -0.39 is 15.8 Å². The maximum absolute atomic E-state index is 12.6. The van der Waals surface area contributed by atoms with Gasteiger partial charge in [0.1, 0.15) is 10.6 Å². The highest BCUT2D eigenvalue weighted by Gasteiger charge is 2.32. The van der Waals surface area contributed by atoms with Crippen LogP contribution in [-0.4, -0.2) is 54.3 Å². The summed E-state index contributed by atoms with van der Waals surface area (Å²) >= 11 is 1.16. The SMILES string of the molecule is CNc1snc(C)c1C(=O)OCC(=O)c1cc(C)n(C2CCS(=O)(=O)C2)c1C. The van der Waals surface area contributed by atoms with Gasteiger partial charge in [0.25, 0.3) is 0 Å². The Labute approximate surface area is 168 Å². The Morgan fingerprint density at radius 2 is 2.07 bits per heavy atom. The van der Waals surface area contributed by atoms with E-state index in [9.17, 15) is 18.0 Å². The molecule has 0 saturated carbocycles. The van der Waals surface area contributed by atoms with Gasteiger partial charge in [-0.1, -0.05) is 0 Å². The molecular formula is C18H23N3O5S2. The van der Waals surface area contributed by atoms with E-state index in [1.54, 1.807) is 27.0 Å². The Hall–Kier alpha value is -2.20. The van der Waals surface area contributed by atoms with Gasteiger partial charge in [-0.15, -0.1) is 0 Å².